The lowest BCUT2D eigenvalue weighted by Crippen LogP contribution is -2.15. The lowest BCUT2D eigenvalue weighted by molar-refractivity contribution is 0.268. The van der Waals surface area contributed by atoms with Crippen molar-refractivity contribution in [2.75, 3.05) is 11.8 Å². The monoisotopic (exact) mass is 375 g/mol. The van der Waals surface area contributed by atoms with E-state index in [0.717, 1.165) is 11.3 Å². The standard InChI is InChI=1S/C17H17N3O5S/c1-24-17-10-15(18-16(11-21)19-17)20-26(22,23)14-6-4-12(5-7-14)9-13-3-2-8-25-13/h2-8,10,21H,9,11H2,1H3,(H,18,19,20). The van der Waals surface area contributed by atoms with Crippen LogP contribution in [0.15, 0.2) is 58.0 Å². The molecular formula is C17H17N3O5S. The molecule has 0 spiro atoms. The second-order valence-electron chi connectivity index (χ2n) is 5.38. The number of hydrogen-bond donors (Lipinski definition) is 2. The predicted molar refractivity (Wildman–Crippen MR) is 93.3 cm³/mol. The fraction of sp³-hybridized carbons (Fsp3) is 0.176. The Morgan fingerprint density at radius 2 is 1.96 bits per heavy atom. The van der Waals surface area contributed by atoms with Crippen molar-refractivity contribution in [1.29, 1.82) is 0 Å². The SMILES string of the molecule is COc1cc(NS(=O)(=O)c2ccc(Cc3ccco3)cc2)nc(CO)n1. The van der Waals surface area contributed by atoms with Crippen LogP contribution >= 0.6 is 0 Å². The first-order chi connectivity index (χ1) is 12.5. The quantitative estimate of drug-likeness (QED) is 0.649. The minimum atomic E-state index is -3.84. The molecule has 0 radical (unpaired) electrons. The summed E-state index contributed by atoms with van der Waals surface area (Å²) in [5, 5.41) is 9.17. The minimum absolute atomic E-state index is 0.0144. The number of sulfonamides is 1. The van der Waals surface area contributed by atoms with Crippen molar-refractivity contribution in [3.8, 4) is 5.88 Å². The van der Waals surface area contributed by atoms with Crippen LogP contribution in [0, 0.1) is 0 Å². The second kappa shape index (κ2) is 7.54. The Kier molecular flexibility index (Phi) is 5.19. The van der Waals surface area contributed by atoms with Gasteiger partial charge in [0.25, 0.3) is 10.0 Å². The highest BCUT2D eigenvalue weighted by Gasteiger charge is 2.16. The van der Waals surface area contributed by atoms with Crippen LogP contribution in [0.25, 0.3) is 0 Å². The molecule has 2 heterocycles. The van der Waals surface area contributed by atoms with Crippen molar-refractivity contribution in [2.24, 2.45) is 0 Å². The molecule has 3 rings (SSSR count). The van der Waals surface area contributed by atoms with Gasteiger partial charge in [-0.05, 0) is 29.8 Å². The molecule has 0 aliphatic carbocycles. The van der Waals surface area contributed by atoms with E-state index in [0.29, 0.717) is 6.42 Å². The molecule has 8 nitrogen and oxygen atoms in total. The van der Waals surface area contributed by atoms with E-state index in [1.165, 1.54) is 25.3 Å². The van der Waals surface area contributed by atoms with Crippen molar-refractivity contribution < 1.29 is 22.7 Å². The number of ether oxygens (including phenoxy) is 1. The van der Waals surface area contributed by atoms with Crippen LogP contribution in [0.4, 0.5) is 5.82 Å². The molecule has 0 atom stereocenters. The van der Waals surface area contributed by atoms with Crippen molar-refractivity contribution >= 4 is 15.8 Å². The summed E-state index contributed by atoms with van der Waals surface area (Å²) in [6.45, 7) is -0.437. The predicted octanol–water partition coefficient (Wildman–Crippen LogP) is 1.96. The lowest BCUT2D eigenvalue weighted by Gasteiger charge is -2.10. The summed E-state index contributed by atoms with van der Waals surface area (Å²) >= 11 is 0. The minimum Gasteiger partial charge on any atom is -0.481 e. The molecule has 0 aliphatic heterocycles. The number of nitrogens with zero attached hydrogens (tertiary/aromatic N) is 2. The third-order valence-electron chi connectivity index (χ3n) is 3.53. The first kappa shape index (κ1) is 17.9. The normalized spacial score (nSPS) is 11.3. The fourth-order valence-corrected chi connectivity index (χ4v) is 3.29. The number of hydrogen-bond acceptors (Lipinski definition) is 7. The van der Waals surface area contributed by atoms with Gasteiger partial charge in [-0.15, -0.1) is 0 Å². The number of aliphatic hydroxyl groups excluding tert-OH is 1. The zero-order valence-corrected chi connectivity index (χ0v) is 14.7. The van der Waals surface area contributed by atoms with Gasteiger partial charge in [-0.2, -0.15) is 4.98 Å². The van der Waals surface area contributed by atoms with Crippen LogP contribution in [0.5, 0.6) is 5.88 Å². The van der Waals surface area contributed by atoms with E-state index in [9.17, 15) is 8.42 Å². The number of benzene rings is 1. The molecule has 9 heteroatoms. The Morgan fingerprint density at radius 3 is 2.58 bits per heavy atom. The number of furan rings is 1. The Bertz CT molecular complexity index is 948. The highest BCUT2D eigenvalue weighted by molar-refractivity contribution is 7.92. The second-order valence-corrected chi connectivity index (χ2v) is 7.06. The average Bonchev–Trinajstić information content (AvgIpc) is 3.14. The maximum absolute atomic E-state index is 12.5. The van der Waals surface area contributed by atoms with Crippen molar-refractivity contribution in [2.45, 2.75) is 17.9 Å². The summed E-state index contributed by atoms with van der Waals surface area (Å²) in [6, 6.07) is 11.4. The van der Waals surface area contributed by atoms with Gasteiger partial charge in [-0.3, -0.25) is 4.72 Å². The summed E-state index contributed by atoms with van der Waals surface area (Å²) in [7, 11) is -2.45. The van der Waals surface area contributed by atoms with E-state index in [1.807, 2.05) is 6.07 Å². The van der Waals surface area contributed by atoms with Gasteiger partial charge in [0.15, 0.2) is 5.82 Å². The molecule has 2 aromatic heterocycles. The molecular weight excluding hydrogens is 358 g/mol. The van der Waals surface area contributed by atoms with E-state index >= 15 is 0 Å². The van der Waals surface area contributed by atoms with Crippen molar-refractivity contribution in [3.05, 3.63) is 65.9 Å². The summed E-state index contributed by atoms with van der Waals surface area (Å²) in [6.07, 6.45) is 2.17. The largest absolute Gasteiger partial charge is 0.481 e. The number of rotatable bonds is 7. The van der Waals surface area contributed by atoms with Crippen LogP contribution in [0.3, 0.4) is 0 Å². The molecule has 0 saturated heterocycles. The third kappa shape index (κ3) is 4.19. The van der Waals surface area contributed by atoms with E-state index in [-0.39, 0.29) is 22.4 Å². The molecule has 0 amide bonds. The first-order valence-corrected chi connectivity index (χ1v) is 9.15. The van der Waals surface area contributed by atoms with Gasteiger partial charge in [-0.1, -0.05) is 12.1 Å². The van der Waals surface area contributed by atoms with Gasteiger partial charge in [0.1, 0.15) is 18.2 Å². The molecule has 26 heavy (non-hydrogen) atoms. The van der Waals surface area contributed by atoms with Gasteiger partial charge in [0.2, 0.25) is 5.88 Å². The Morgan fingerprint density at radius 1 is 1.19 bits per heavy atom. The molecule has 136 valence electrons. The van der Waals surface area contributed by atoms with E-state index in [4.69, 9.17) is 14.3 Å². The highest BCUT2D eigenvalue weighted by atomic mass is 32.2. The Hall–Kier alpha value is -2.91. The van der Waals surface area contributed by atoms with E-state index in [1.54, 1.807) is 24.5 Å². The zero-order chi connectivity index (χ0) is 18.6. The highest BCUT2D eigenvalue weighted by Crippen LogP contribution is 2.19. The average molecular weight is 375 g/mol. The molecule has 0 aliphatic rings. The third-order valence-corrected chi connectivity index (χ3v) is 4.90. The number of aromatic nitrogens is 2. The molecule has 0 saturated carbocycles. The van der Waals surface area contributed by atoms with Crippen LogP contribution in [-0.4, -0.2) is 30.6 Å². The van der Waals surface area contributed by atoms with Crippen LogP contribution in [0.1, 0.15) is 17.1 Å². The smallest absolute Gasteiger partial charge is 0.263 e. The number of methoxy groups -OCH3 is 1. The number of aliphatic hydroxyl groups is 1. The van der Waals surface area contributed by atoms with Gasteiger partial charge >= 0.3 is 0 Å². The van der Waals surface area contributed by atoms with Gasteiger partial charge in [0, 0.05) is 12.5 Å². The number of anilines is 1. The summed E-state index contributed by atoms with van der Waals surface area (Å²) < 4.78 is 37.7. The number of nitrogens with one attached hydrogen (secondary N) is 1. The molecule has 0 bridgehead atoms. The van der Waals surface area contributed by atoms with Crippen LogP contribution < -0.4 is 9.46 Å². The van der Waals surface area contributed by atoms with E-state index in [2.05, 4.69) is 14.7 Å². The Balaban J connectivity index is 1.79. The maximum Gasteiger partial charge on any atom is 0.263 e. The Labute approximate surface area is 150 Å². The maximum atomic E-state index is 12.5. The van der Waals surface area contributed by atoms with Crippen molar-refractivity contribution in [1.82, 2.24) is 9.97 Å². The van der Waals surface area contributed by atoms with E-state index < -0.39 is 16.6 Å². The molecule has 3 aromatic rings. The van der Waals surface area contributed by atoms with Gasteiger partial charge < -0.3 is 14.3 Å². The van der Waals surface area contributed by atoms with Crippen molar-refractivity contribution in [3.63, 3.8) is 0 Å². The molecule has 2 N–H and O–H groups in total. The summed E-state index contributed by atoms with van der Waals surface area (Å²) in [5.74, 6) is 1.01. The topological polar surface area (TPSA) is 115 Å². The molecule has 1 aromatic carbocycles. The fourth-order valence-electron chi connectivity index (χ4n) is 2.30. The molecule has 0 unspecified atom stereocenters. The lowest BCUT2D eigenvalue weighted by atomic mass is 10.1. The first-order valence-electron chi connectivity index (χ1n) is 7.67. The van der Waals surface area contributed by atoms with Gasteiger partial charge in [-0.25, -0.2) is 13.4 Å². The molecule has 0 fully saturated rings. The van der Waals surface area contributed by atoms with Crippen LogP contribution in [-0.2, 0) is 23.1 Å². The summed E-state index contributed by atoms with van der Waals surface area (Å²) in [4.78, 5) is 7.91. The summed E-state index contributed by atoms with van der Waals surface area (Å²) in [5.41, 5.74) is 0.921. The van der Waals surface area contributed by atoms with Gasteiger partial charge in [0.05, 0.1) is 18.3 Å². The van der Waals surface area contributed by atoms with Crippen LogP contribution in [0.2, 0.25) is 0 Å². The zero-order valence-electron chi connectivity index (χ0n) is 13.9.